The number of hydrogen-bond acceptors (Lipinski definition) is 7. The number of amides is 1. The first-order valence-electron chi connectivity index (χ1n) is 12.6. The second-order valence-electron chi connectivity index (χ2n) is 10.3. The Labute approximate surface area is 234 Å². The molecule has 0 unspecified atom stereocenters. The van der Waals surface area contributed by atoms with E-state index in [1.165, 1.54) is 0 Å². The van der Waals surface area contributed by atoms with Gasteiger partial charge in [0.15, 0.2) is 5.78 Å². The number of carbonyl (C=O) groups is 2. The first-order chi connectivity index (χ1) is 17.6. The molecule has 2 heterocycles. The van der Waals surface area contributed by atoms with E-state index in [9.17, 15) is 14.7 Å². The van der Waals surface area contributed by atoms with Crippen LogP contribution in [0, 0.1) is 5.41 Å². The summed E-state index contributed by atoms with van der Waals surface area (Å²) in [5, 5.41) is 20.9. The molecule has 0 radical (unpaired) electrons. The van der Waals surface area contributed by atoms with Gasteiger partial charge in [-0.05, 0) is 42.2 Å². The number of Topliss-reactive ketones (excluding diaryl/α,β-unsaturated/α-hetero) is 1. The first kappa shape index (κ1) is 29.4. The SMILES string of the molecule is Br.CCOc1cc2c(cc1C(=O)NC)C(=N)N(CC(=O)c1cc3c(c(C(C)(C)C)c1)OCCN3CCO)C2. The van der Waals surface area contributed by atoms with E-state index >= 15 is 0 Å². The highest BCUT2D eigenvalue weighted by Gasteiger charge is 2.32. The fourth-order valence-electron chi connectivity index (χ4n) is 4.86. The molecule has 2 aromatic rings. The Bertz CT molecular complexity index is 1240. The largest absolute Gasteiger partial charge is 0.493 e. The van der Waals surface area contributed by atoms with Crippen molar-refractivity contribution in [1.29, 1.82) is 5.41 Å². The summed E-state index contributed by atoms with van der Waals surface area (Å²) in [6.45, 7) is 10.5. The molecule has 0 fully saturated rings. The summed E-state index contributed by atoms with van der Waals surface area (Å²) in [6, 6.07) is 7.20. The van der Waals surface area contributed by atoms with E-state index in [1.807, 2.05) is 24.0 Å². The van der Waals surface area contributed by atoms with E-state index in [-0.39, 0.29) is 53.1 Å². The molecule has 9 nitrogen and oxygen atoms in total. The molecule has 2 aliphatic rings. The fourth-order valence-corrected chi connectivity index (χ4v) is 4.86. The highest BCUT2D eigenvalue weighted by Crippen LogP contribution is 2.42. The van der Waals surface area contributed by atoms with Crippen molar-refractivity contribution in [2.45, 2.75) is 39.7 Å². The number of aliphatic hydroxyl groups excluding tert-OH is 1. The number of rotatable bonds is 8. The molecule has 0 aromatic heterocycles. The zero-order valence-electron chi connectivity index (χ0n) is 22.6. The molecule has 0 saturated heterocycles. The van der Waals surface area contributed by atoms with Gasteiger partial charge in [-0.2, -0.15) is 0 Å². The molecule has 38 heavy (non-hydrogen) atoms. The van der Waals surface area contributed by atoms with Crippen molar-refractivity contribution < 1.29 is 24.2 Å². The van der Waals surface area contributed by atoms with Crippen molar-refractivity contribution in [3.05, 3.63) is 52.1 Å². The maximum absolute atomic E-state index is 13.6. The van der Waals surface area contributed by atoms with E-state index in [0.29, 0.717) is 55.3 Å². The summed E-state index contributed by atoms with van der Waals surface area (Å²) in [4.78, 5) is 29.8. The van der Waals surface area contributed by atoms with E-state index in [4.69, 9.17) is 14.9 Å². The first-order valence-corrected chi connectivity index (χ1v) is 12.6. The predicted octanol–water partition coefficient (Wildman–Crippen LogP) is 3.54. The number of ketones is 1. The fraction of sp³-hybridized carbons (Fsp3) is 0.464. The highest BCUT2D eigenvalue weighted by atomic mass is 79.9. The van der Waals surface area contributed by atoms with Gasteiger partial charge in [-0.25, -0.2) is 0 Å². The van der Waals surface area contributed by atoms with Crippen LogP contribution >= 0.6 is 17.0 Å². The van der Waals surface area contributed by atoms with Crippen LogP contribution in [0.4, 0.5) is 5.69 Å². The number of benzene rings is 2. The van der Waals surface area contributed by atoms with Crippen molar-refractivity contribution in [2.75, 3.05) is 51.4 Å². The summed E-state index contributed by atoms with van der Waals surface area (Å²) in [7, 11) is 1.55. The molecule has 0 spiro atoms. The second-order valence-corrected chi connectivity index (χ2v) is 10.3. The van der Waals surface area contributed by atoms with Gasteiger partial charge in [0.25, 0.3) is 5.91 Å². The Morgan fingerprint density at radius 2 is 1.92 bits per heavy atom. The van der Waals surface area contributed by atoms with Gasteiger partial charge in [-0.15, -0.1) is 17.0 Å². The minimum atomic E-state index is -0.285. The van der Waals surface area contributed by atoms with E-state index in [2.05, 4.69) is 26.1 Å². The summed E-state index contributed by atoms with van der Waals surface area (Å²) >= 11 is 0. The van der Waals surface area contributed by atoms with Crippen LogP contribution in [0.5, 0.6) is 11.5 Å². The maximum Gasteiger partial charge on any atom is 0.254 e. The summed E-state index contributed by atoms with van der Waals surface area (Å²) in [5.74, 6) is 1.03. The van der Waals surface area contributed by atoms with Crippen LogP contribution in [0.3, 0.4) is 0 Å². The Morgan fingerprint density at radius 3 is 2.55 bits per heavy atom. The number of ether oxygens (including phenoxy) is 2. The van der Waals surface area contributed by atoms with E-state index in [0.717, 1.165) is 22.6 Å². The minimum Gasteiger partial charge on any atom is -0.493 e. The maximum atomic E-state index is 13.6. The lowest BCUT2D eigenvalue weighted by Gasteiger charge is -2.35. The van der Waals surface area contributed by atoms with E-state index in [1.54, 1.807) is 24.1 Å². The lowest BCUT2D eigenvalue weighted by atomic mass is 9.84. The minimum absolute atomic E-state index is 0. The van der Waals surface area contributed by atoms with Crippen molar-refractivity contribution in [2.24, 2.45) is 0 Å². The van der Waals surface area contributed by atoms with Gasteiger partial charge in [0.1, 0.15) is 23.9 Å². The molecular weight excluding hydrogens is 552 g/mol. The Hall–Kier alpha value is -3.11. The number of nitrogens with zero attached hydrogens (tertiary/aromatic N) is 2. The molecule has 0 aliphatic carbocycles. The molecule has 10 heteroatoms. The van der Waals surface area contributed by atoms with Gasteiger partial charge >= 0.3 is 0 Å². The van der Waals surface area contributed by atoms with Crippen molar-refractivity contribution in [3.63, 3.8) is 0 Å². The number of β-amino-alcohol motifs (C(OH)–C–C–N with tert-alkyl or cyclic N) is 1. The van der Waals surface area contributed by atoms with Crippen LogP contribution in [-0.4, -0.2) is 74.0 Å². The van der Waals surface area contributed by atoms with Gasteiger partial charge in [-0.3, -0.25) is 15.0 Å². The van der Waals surface area contributed by atoms with E-state index < -0.39 is 0 Å². The van der Waals surface area contributed by atoms with Gasteiger partial charge in [0.05, 0.1) is 37.6 Å². The molecule has 2 aliphatic heterocycles. The Morgan fingerprint density at radius 1 is 1.18 bits per heavy atom. The summed E-state index contributed by atoms with van der Waals surface area (Å²) in [6.07, 6.45) is 0. The average molecular weight is 590 g/mol. The number of nitrogens with one attached hydrogen (secondary N) is 2. The zero-order chi connectivity index (χ0) is 26.9. The molecule has 0 atom stereocenters. The van der Waals surface area contributed by atoms with Crippen LogP contribution in [-0.2, 0) is 12.0 Å². The van der Waals surface area contributed by atoms with Gasteiger partial charge in [0, 0.05) is 36.8 Å². The van der Waals surface area contributed by atoms with Crippen molar-refractivity contribution in [3.8, 4) is 11.5 Å². The number of amidine groups is 1. The molecule has 1 amide bonds. The number of fused-ring (bicyclic) bond motifs is 2. The van der Waals surface area contributed by atoms with Gasteiger partial charge in [-0.1, -0.05) is 20.8 Å². The third kappa shape index (κ3) is 5.66. The molecule has 3 N–H and O–H groups in total. The number of carbonyl (C=O) groups excluding carboxylic acids is 2. The normalized spacial score (nSPS) is 14.3. The average Bonchev–Trinajstić information content (AvgIpc) is 3.16. The molecule has 4 rings (SSSR count). The monoisotopic (exact) mass is 588 g/mol. The van der Waals surface area contributed by atoms with Gasteiger partial charge < -0.3 is 29.7 Å². The van der Waals surface area contributed by atoms with Crippen LogP contribution in [0.2, 0.25) is 0 Å². The molecule has 0 bridgehead atoms. The van der Waals surface area contributed by atoms with Crippen LogP contribution < -0.4 is 19.7 Å². The molecular formula is C28H37BrN4O5. The third-order valence-electron chi connectivity index (χ3n) is 6.76. The number of aliphatic hydroxyl groups is 1. The van der Waals surface area contributed by atoms with Crippen molar-refractivity contribution >= 4 is 40.2 Å². The smallest absolute Gasteiger partial charge is 0.254 e. The highest BCUT2D eigenvalue weighted by molar-refractivity contribution is 8.93. The lowest BCUT2D eigenvalue weighted by Crippen LogP contribution is -2.36. The standard InChI is InChI=1S/C28H36N4O5.BrH/c1-6-36-24-13-18-15-32(26(29)19(18)14-20(24)27(35)30-5)16-23(34)17-11-21(28(2,3)4)25-22(12-17)31(7-9-33)8-10-37-25;/h11-14,29,33H,6-10,15-16H2,1-5H3,(H,30,35);1H. The quantitative estimate of drug-likeness (QED) is 0.404. The topological polar surface area (TPSA) is 115 Å². The summed E-state index contributed by atoms with van der Waals surface area (Å²) < 4.78 is 11.7. The molecule has 0 saturated carbocycles. The number of halogens is 1. The Kier molecular flexibility index (Phi) is 9.09. The van der Waals surface area contributed by atoms with Crippen molar-refractivity contribution in [1.82, 2.24) is 10.2 Å². The zero-order valence-corrected chi connectivity index (χ0v) is 24.4. The van der Waals surface area contributed by atoms with Crippen LogP contribution in [0.25, 0.3) is 0 Å². The summed E-state index contributed by atoms with van der Waals surface area (Å²) in [5.41, 5.74) is 3.87. The number of anilines is 1. The molecule has 206 valence electrons. The second kappa shape index (κ2) is 11.7. The lowest BCUT2D eigenvalue weighted by molar-refractivity contribution is 0.0953. The molecule has 2 aromatic carbocycles. The number of hydrogen-bond donors (Lipinski definition) is 3. The van der Waals surface area contributed by atoms with Gasteiger partial charge in [0.2, 0.25) is 0 Å². The predicted molar refractivity (Wildman–Crippen MR) is 153 cm³/mol. The third-order valence-corrected chi connectivity index (χ3v) is 6.76. The Balaban J connectivity index is 0.00000400. The van der Waals surface area contributed by atoms with Crippen LogP contribution in [0.15, 0.2) is 24.3 Å². The van der Waals surface area contributed by atoms with Crippen LogP contribution in [0.1, 0.15) is 65.1 Å².